The van der Waals surface area contributed by atoms with Gasteiger partial charge < -0.3 is 9.47 Å². The fourth-order valence-electron chi connectivity index (χ4n) is 2.88. The molecule has 0 fully saturated rings. The van der Waals surface area contributed by atoms with Gasteiger partial charge in [0.15, 0.2) is 0 Å². The molecule has 3 rings (SSSR count). The first-order chi connectivity index (χ1) is 10.3. The number of hydrogen-bond donors (Lipinski definition) is 2. The molecule has 1 aromatic carbocycles. The predicted octanol–water partition coefficient (Wildman–Crippen LogP) is 2.81. The second-order valence-electron chi connectivity index (χ2n) is 5.16. The average Bonchev–Trinajstić information content (AvgIpc) is 3.10. The molecule has 1 aliphatic carbocycles. The first-order valence-electron chi connectivity index (χ1n) is 7.06. The molecular weight excluding hydrogens is 284 g/mol. The third-order valence-corrected chi connectivity index (χ3v) is 5.27. The highest BCUT2D eigenvalue weighted by Gasteiger charge is 2.23. The normalized spacial score (nSPS) is 14.8. The monoisotopic (exact) mass is 304 g/mol. The molecule has 1 heterocycles. The summed E-state index contributed by atoms with van der Waals surface area (Å²) < 4.78 is 10.8. The summed E-state index contributed by atoms with van der Waals surface area (Å²) in [5.41, 5.74) is 5.43. The number of nitrogens with one attached hydrogen (secondary N) is 1. The first kappa shape index (κ1) is 14.4. The van der Waals surface area contributed by atoms with Gasteiger partial charge in [-0.1, -0.05) is 0 Å². The van der Waals surface area contributed by atoms with E-state index in [0.29, 0.717) is 0 Å². The number of fused-ring (bicyclic) bond motifs is 1. The van der Waals surface area contributed by atoms with Gasteiger partial charge in [-0.2, -0.15) is 0 Å². The van der Waals surface area contributed by atoms with Crippen molar-refractivity contribution in [3.8, 4) is 11.5 Å². The summed E-state index contributed by atoms with van der Waals surface area (Å²) >= 11 is 1.85. The van der Waals surface area contributed by atoms with Crippen LogP contribution in [0.2, 0.25) is 0 Å². The Labute approximate surface area is 128 Å². The molecule has 1 unspecified atom stereocenters. The lowest BCUT2D eigenvalue weighted by Crippen LogP contribution is -2.28. The van der Waals surface area contributed by atoms with Crippen LogP contribution in [-0.4, -0.2) is 14.2 Å². The Hall–Kier alpha value is -1.56. The van der Waals surface area contributed by atoms with E-state index in [1.165, 1.54) is 34.6 Å². The summed E-state index contributed by atoms with van der Waals surface area (Å²) in [6.45, 7) is 0. The van der Waals surface area contributed by atoms with Gasteiger partial charge in [-0.3, -0.25) is 5.84 Å². The zero-order chi connectivity index (χ0) is 14.8. The summed E-state index contributed by atoms with van der Waals surface area (Å²) in [4.78, 5) is 2.74. The van der Waals surface area contributed by atoms with Crippen LogP contribution in [0.4, 0.5) is 0 Å². The summed E-state index contributed by atoms with van der Waals surface area (Å²) in [6, 6.07) is 8.06. The number of hydrogen-bond acceptors (Lipinski definition) is 5. The Morgan fingerprint density at radius 3 is 2.71 bits per heavy atom. The minimum atomic E-state index is -0.0542. The molecule has 0 amide bonds. The van der Waals surface area contributed by atoms with Gasteiger partial charge in [-0.25, -0.2) is 5.43 Å². The Morgan fingerprint density at radius 2 is 2.05 bits per heavy atom. The number of methoxy groups -OCH3 is 2. The molecule has 0 saturated heterocycles. The van der Waals surface area contributed by atoms with E-state index in [9.17, 15) is 0 Å². The van der Waals surface area contributed by atoms with E-state index in [-0.39, 0.29) is 6.04 Å². The first-order valence-corrected chi connectivity index (χ1v) is 7.88. The van der Waals surface area contributed by atoms with Crippen molar-refractivity contribution in [3.63, 3.8) is 0 Å². The molecule has 0 spiro atoms. The number of nitrogens with two attached hydrogens (primary N) is 1. The number of aryl methyl sites for hydroxylation is 2. The molecule has 0 saturated carbocycles. The molecule has 1 atom stereocenters. The van der Waals surface area contributed by atoms with Gasteiger partial charge in [0.2, 0.25) is 0 Å². The Kier molecular flexibility index (Phi) is 4.14. The molecule has 0 radical (unpaired) electrons. The zero-order valence-corrected chi connectivity index (χ0v) is 13.1. The van der Waals surface area contributed by atoms with Crippen LogP contribution >= 0.6 is 11.3 Å². The van der Waals surface area contributed by atoms with E-state index < -0.39 is 0 Å². The van der Waals surface area contributed by atoms with Crippen molar-refractivity contribution >= 4 is 11.3 Å². The highest BCUT2D eigenvalue weighted by Crippen LogP contribution is 2.39. The minimum Gasteiger partial charge on any atom is -0.497 e. The number of benzene rings is 1. The molecule has 21 heavy (non-hydrogen) atoms. The van der Waals surface area contributed by atoms with Gasteiger partial charge in [0.05, 0.1) is 20.3 Å². The largest absolute Gasteiger partial charge is 0.497 e. The van der Waals surface area contributed by atoms with Gasteiger partial charge in [-0.05, 0) is 43.0 Å². The van der Waals surface area contributed by atoms with Crippen LogP contribution in [0.3, 0.4) is 0 Å². The molecule has 112 valence electrons. The molecule has 2 aromatic rings. The molecule has 1 aromatic heterocycles. The smallest absolute Gasteiger partial charge is 0.127 e. The van der Waals surface area contributed by atoms with Crippen LogP contribution in [0.25, 0.3) is 0 Å². The van der Waals surface area contributed by atoms with Crippen molar-refractivity contribution in [1.82, 2.24) is 5.43 Å². The van der Waals surface area contributed by atoms with E-state index in [0.717, 1.165) is 17.1 Å². The number of thiophene rings is 1. The summed E-state index contributed by atoms with van der Waals surface area (Å²) in [5.74, 6) is 7.38. The topological polar surface area (TPSA) is 56.5 Å². The standard InChI is InChI=1S/C16H20N2O2S/c1-19-11-6-7-12(13(9-11)20-2)16(18-17)15-8-10-4-3-5-14(10)21-15/h6-9,16,18H,3-5,17H2,1-2H3. The highest BCUT2D eigenvalue weighted by atomic mass is 32.1. The summed E-state index contributed by atoms with van der Waals surface area (Å²) in [6.07, 6.45) is 3.65. The van der Waals surface area contributed by atoms with Crippen molar-refractivity contribution in [1.29, 1.82) is 0 Å². The van der Waals surface area contributed by atoms with Crippen LogP contribution < -0.4 is 20.7 Å². The van der Waals surface area contributed by atoms with Crippen molar-refractivity contribution < 1.29 is 9.47 Å². The van der Waals surface area contributed by atoms with Crippen LogP contribution in [0, 0.1) is 0 Å². The maximum atomic E-state index is 5.82. The van der Waals surface area contributed by atoms with Crippen molar-refractivity contribution in [3.05, 3.63) is 45.1 Å². The van der Waals surface area contributed by atoms with E-state index >= 15 is 0 Å². The maximum absolute atomic E-state index is 5.82. The lowest BCUT2D eigenvalue weighted by molar-refractivity contribution is 0.388. The molecular formula is C16H20N2O2S. The predicted molar refractivity (Wildman–Crippen MR) is 85.1 cm³/mol. The molecule has 5 heteroatoms. The van der Waals surface area contributed by atoms with Crippen LogP contribution in [0.5, 0.6) is 11.5 Å². The third-order valence-electron chi connectivity index (χ3n) is 3.97. The minimum absolute atomic E-state index is 0.0542. The second kappa shape index (κ2) is 6.05. The second-order valence-corrected chi connectivity index (χ2v) is 6.33. The van der Waals surface area contributed by atoms with Gasteiger partial charge in [-0.15, -0.1) is 11.3 Å². The zero-order valence-electron chi connectivity index (χ0n) is 12.3. The van der Waals surface area contributed by atoms with E-state index in [4.69, 9.17) is 15.3 Å². The fourth-order valence-corrected chi connectivity index (χ4v) is 4.21. The third kappa shape index (κ3) is 2.64. The quantitative estimate of drug-likeness (QED) is 0.659. The van der Waals surface area contributed by atoms with Crippen molar-refractivity contribution in [2.45, 2.75) is 25.3 Å². The van der Waals surface area contributed by atoms with Crippen LogP contribution in [-0.2, 0) is 12.8 Å². The average molecular weight is 304 g/mol. The van der Waals surface area contributed by atoms with E-state index in [1.807, 2.05) is 29.5 Å². The lowest BCUT2D eigenvalue weighted by atomic mass is 10.0. The molecule has 3 N–H and O–H groups in total. The van der Waals surface area contributed by atoms with E-state index in [2.05, 4.69) is 11.5 Å². The van der Waals surface area contributed by atoms with Crippen molar-refractivity contribution in [2.24, 2.45) is 5.84 Å². The number of ether oxygens (including phenoxy) is 2. The SMILES string of the molecule is COc1ccc(C(NN)c2cc3c(s2)CCC3)c(OC)c1. The van der Waals surface area contributed by atoms with Crippen LogP contribution in [0.1, 0.15) is 33.3 Å². The van der Waals surface area contributed by atoms with Crippen molar-refractivity contribution in [2.75, 3.05) is 14.2 Å². The summed E-state index contributed by atoms with van der Waals surface area (Å²) in [7, 11) is 3.32. The lowest BCUT2D eigenvalue weighted by Gasteiger charge is -2.18. The molecule has 4 nitrogen and oxygen atoms in total. The van der Waals surface area contributed by atoms with E-state index in [1.54, 1.807) is 14.2 Å². The van der Waals surface area contributed by atoms with Gasteiger partial charge in [0.1, 0.15) is 11.5 Å². The maximum Gasteiger partial charge on any atom is 0.127 e. The van der Waals surface area contributed by atoms with Gasteiger partial charge in [0.25, 0.3) is 0 Å². The van der Waals surface area contributed by atoms with Gasteiger partial charge >= 0.3 is 0 Å². The molecule has 0 bridgehead atoms. The summed E-state index contributed by atoms with van der Waals surface area (Å²) in [5, 5.41) is 0. The Morgan fingerprint density at radius 1 is 1.19 bits per heavy atom. The van der Waals surface area contributed by atoms with Gasteiger partial charge in [0, 0.05) is 21.4 Å². The highest BCUT2D eigenvalue weighted by molar-refractivity contribution is 7.12. The number of hydrazine groups is 1. The fraction of sp³-hybridized carbons (Fsp3) is 0.375. The Bertz CT molecular complexity index is 618. The Balaban J connectivity index is 1.99. The molecule has 0 aliphatic heterocycles. The van der Waals surface area contributed by atoms with Crippen LogP contribution in [0.15, 0.2) is 24.3 Å². The molecule has 1 aliphatic rings. The number of rotatable bonds is 5.